The lowest BCUT2D eigenvalue weighted by Gasteiger charge is -2.24. The van der Waals surface area contributed by atoms with Gasteiger partial charge in [0.1, 0.15) is 12.4 Å². The van der Waals surface area contributed by atoms with E-state index in [9.17, 15) is 9.59 Å². The molecule has 32 heavy (non-hydrogen) atoms. The summed E-state index contributed by atoms with van der Waals surface area (Å²) in [5.74, 6) is -0.180. The summed E-state index contributed by atoms with van der Waals surface area (Å²) >= 11 is 5.97. The van der Waals surface area contributed by atoms with Gasteiger partial charge in [0.05, 0.1) is 6.42 Å². The molecule has 3 aromatic rings. The molecule has 6 heteroatoms. The number of amides is 1. The molecule has 0 aliphatic heterocycles. The predicted molar refractivity (Wildman–Crippen MR) is 123 cm³/mol. The van der Waals surface area contributed by atoms with E-state index in [0.29, 0.717) is 29.5 Å². The molecule has 3 aromatic carbocycles. The Morgan fingerprint density at radius 3 is 2.22 bits per heavy atom. The molecule has 0 atom stereocenters. The van der Waals surface area contributed by atoms with Crippen molar-refractivity contribution in [2.24, 2.45) is 0 Å². The van der Waals surface area contributed by atoms with Crippen molar-refractivity contribution in [3.05, 3.63) is 100 Å². The van der Waals surface area contributed by atoms with Crippen LogP contribution in [0.1, 0.15) is 39.9 Å². The van der Waals surface area contributed by atoms with Crippen molar-refractivity contribution in [3.8, 4) is 5.75 Å². The van der Waals surface area contributed by atoms with E-state index in [4.69, 9.17) is 21.4 Å². The van der Waals surface area contributed by atoms with Gasteiger partial charge >= 0.3 is 5.97 Å². The number of nitrogens with zero attached hydrogens (tertiary/aromatic N) is 1. The molecule has 0 bridgehead atoms. The van der Waals surface area contributed by atoms with Crippen molar-refractivity contribution in [1.82, 2.24) is 4.90 Å². The average Bonchev–Trinajstić information content (AvgIpc) is 3.63. The molecule has 4 rings (SSSR count). The van der Waals surface area contributed by atoms with Crippen LogP contribution in [0.25, 0.3) is 0 Å². The summed E-state index contributed by atoms with van der Waals surface area (Å²) < 4.78 is 5.94. The zero-order chi connectivity index (χ0) is 22.5. The van der Waals surface area contributed by atoms with E-state index in [1.807, 2.05) is 29.2 Å². The maximum Gasteiger partial charge on any atom is 0.307 e. The second-order valence-corrected chi connectivity index (χ2v) is 8.38. The summed E-state index contributed by atoms with van der Waals surface area (Å²) in [6.45, 7) is 0.880. The fourth-order valence-corrected chi connectivity index (χ4v) is 3.71. The first-order valence-corrected chi connectivity index (χ1v) is 10.9. The van der Waals surface area contributed by atoms with Crippen LogP contribution in [0, 0.1) is 0 Å². The summed E-state index contributed by atoms with van der Waals surface area (Å²) in [5.41, 5.74) is 3.42. The highest BCUT2D eigenvalue weighted by atomic mass is 35.5. The second-order valence-electron chi connectivity index (χ2n) is 7.94. The minimum atomic E-state index is -0.860. The molecule has 0 saturated heterocycles. The number of carbonyl (C=O) groups is 2. The number of carboxylic acids is 1. The first-order valence-electron chi connectivity index (χ1n) is 10.6. The van der Waals surface area contributed by atoms with Gasteiger partial charge in [0.15, 0.2) is 0 Å². The number of carbonyl (C=O) groups excluding carboxylic acids is 1. The molecule has 1 fully saturated rings. The van der Waals surface area contributed by atoms with Crippen molar-refractivity contribution in [2.75, 3.05) is 0 Å². The summed E-state index contributed by atoms with van der Waals surface area (Å²) in [6, 6.07) is 22.3. The van der Waals surface area contributed by atoms with Crippen LogP contribution in [0.2, 0.25) is 5.02 Å². The highest BCUT2D eigenvalue weighted by Gasteiger charge is 2.33. The molecular formula is C26H24ClNO4. The Bertz CT molecular complexity index is 1090. The van der Waals surface area contributed by atoms with Crippen LogP contribution in [0.3, 0.4) is 0 Å². The number of benzene rings is 3. The number of aliphatic carboxylic acids is 1. The van der Waals surface area contributed by atoms with Crippen LogP contribution in [0.5, 0.6) is 5.75 Å². The molecule has 1 N–H and O–H groups in total. The summed E-state index contributed by atoms with van der Waals surface area (Å²) in [7, 11) is 0. The van der Waals surface area contributed by atoms with Crippen LogP contribution in [-0.4, -0.2) is 27.9 Å². The summed E-state index contributed by atoms with van der Waals surface area (Å²) in [4.78, 5) is 25.9. The van der Waals surface area contributed by atoms with Crippen LogP contribution < -0.4 is 4.74 Å². The van der Waals surface area contributed by atoms with Gasteiger partial charge in [-0.2, -0.15) is 0 Å². The van der Waals surface area contributed by atoms with E-state index in [1.54, 1.807) is 48.5 Å². The smallest absolute Gasteiger partial charge is 0.307 e. The fourth-order valence-electron chi connectivity index (χ4n) is 3.59. The normalized spacial score (nSPS) is 12.9. The first-order chi connectivity index (χ1) is 15.5. The molecule has 0 heterocycles. The third kappa shape index (κ3) is 5.68. The Morgan fingerprint density at radius 1 is 0.938 bits per heavy atom. The van der Waals surface area contributed by atoms with E-state index < -0.39 is 5.97 Å². The summed E-state index contributed by atoms with van der Waals surface area (Å²) in [5, 5.41) is 9.50. The lowest BCUT2D eigenvalue weighted by atomic mass is 10.1. The van der Waals surface area contributed by atoms with Crippen molar-refractivity contribution in [1.29, 1.82) is 0 Å². The van der Waals surface area contributed by atoms with Gasteiger partial charge in [-0.25, -0.2) is 0 Å². The lowest BCUT2D eigenvalue weighted by Crippen LogP contribution is -2.33. The number of rotatable bonds is 9. The van der Waals surface area contributed by atoms with Crippen molar-refractivity contribution in [2.45, 2.75) is 38.5 Å². The molecular weight excluding hydrogens is 426 g/mol. The Hall–Kier alpha value is -3.31. The van der Waals surface area contributed by atoms with E-state index in [2.05, 4.69) is 0 Å². The van der Waals surface area contributed by atoms with E-state index >= 15 is 0 Å². The Balaban J connectivity index is 1.45. The van der Waals surface area contributed by atoms with Crippen LogP contribution in [-0.2, 0) is 24.4 Å². The molecule has 5 nitrogen and oxygen atoms in total. The van der Waals surface area contributed by atoms with Gasteiger partial charge in [0.25, 0.3) is 5.91 Å². The van der Waals surface area contributed by atoms with Gasteiger partial charge in [0, 0.05) is 23.2 Å². The fraction of sp³-hybridized carbons (Fsp3) is 0.231. The van der Waals surface area contributed by atoms with Gasteiger partial charge in [-0.1, -0.05) is 48.0 Å². The third-order valence-corrected chi connectivity index (χ3v) is 5.72. The van der Waals surface area contributed by atoms with Crippen molar-refractivity contribution < 1.29 is 19.4 Å². The second kappa shape index (κ2) is 9.88. The number of ether oxygens (including phenoxy) is 1. The highest BCUT2D eigenvalue weighted by molar-refractivity contribution is 6.30. The monoisotopic (exact) mass is 449 g/mol. The Morgan fingerprint density at radius 2 is 1.59 bits per heavy atom. The topological polar surface area (TPSA) is 66.8 Å². The predicted octanol–water partition coefficient (Wildman–Crippen LogP) is 5.35. The zero-order valence-corrected chi connectivity index (χ0v) is 18.3. The highest BCUT2D eigenvalue weighted by Crippen LogP contribution is 2.31. The van der Waals surface area contributed by atoms with Crippen LogP contribution >= 0.6 is 11.6 Å². The average molecular weight is 450 g/mol. The SMILES string of the molecule is O=C(O)Cc1ccc(OCc2ccccc2CN(C(=O)c2ccc(Cl)cc2)C2CC2)cc1. The van der Waals surface area contributed by atoms with Gasteiger partial charge in [-0.3, -0.25) is 9.59 Å². The van der Waals surface area contributed by atoms with Crippen molar-refractivity contribution >= 4 is 23.5 Å². The lowest BCUT2D eigenvalue weighted by molar-refractivity contribution is -0.136. The van der Waals surface area contributed by atoms with Gasteiger partial charge in [-0.05, 0) is 65.9 Å². The largest absolute Gasteiger partial charge is 0.489 e. The Labute approximate surface area is 192 Å². The number of carboxylic acid groups (broad SMARTS) is 1. The van der Waals surface area contributed by atoms with Crippen LogP contribution in [0.4, 0.5) is 0 Å². The molecule has 1 aliphatic carbocycles. The minimum Gasteiger partial charge on any atom is -0.489 e. The third-order valence-electron chi connectivity index (χ3n) is 5.47. The van der Waals surface area contributed by atoms with Crippen LogP contribution in [0.15, 0.2) is 72.8 Å². The molecule has 1 aliphatic rings. The van der Waals surface area contributed by atoms with Gasteiger partial charge < -0.3 is 14.7 Å². The van der Waals surface area contributed by atoms with E-state index in [1.165, 1.54) is 0 Å². The molecule has 1 amide bonds. The van der Waals surface area contributed by atoms with Gasteiger partial charge in [0.2, 0.25) is 0 Å². The maximum atomic E-state index is 13.2. The van der Waals surface area contributed by atoms with Crippen molar-refractivity contribution in [3.63, 3.8) is 0 Å². The number of halogens is 1. The quantitative estimate of drug-likeness (QED) is 0.478. The zero-order valence-electron chi connectivity index (χ0n) is 17.5. The summed E-state index contributed by atoms with van der Waals surface area (Å²) in [6.07, 6.45) is 2.02. The first kappa shape index (κ1) is 21.9. The minimum absolute atomic E-state index is 0.00825. The number of hydrogen-bond acceptors (Lipinski definition) is 3. The molecule has 0 radical (unpaired) electrons. The number of hydrogen-bond donors (Lipinski definition) is 1. The standard InChI is InChI=1S/C26H24ClNO4/c27-22-9-7-19(8-10-22)26(31)28(23-11-12-23)16-20-3-1-2-4-21(20)17-32-24-13-5-18(6-14-24)15-25(29)30/h1-10,13-14,23H,11-12,15-17H2,(H,29,30). The van der Waals surface area contributed by atoms with E-state index in [0.717, 1.165) is 29.5 Å². The molecule has 1 saturated carbocycles. The molecule has 0 aromatic heterocycles. The van der Waals surface area contributed by atoms with Gasteiger partial charge in [-0.15, -0.1) is 0 Å². The molecule has 0 unspecified atom stereocenters. The van der Waals surface area contributed by atoms with E-state index in [-0.39, 0.29) is 18.4 Å². The molecule has 164 valence electrons. The maximum absolute atomic E-state index is 13.2. The molecule has 0 spiro atoms. The Kier molecular flexibility index (Phi) is 6.76.